The first kappa shape index (κ1) is 18.2. The molecule has 2 N–H and O–H groups in total. The Kier molecular flexibility index (Phi) is 4.84. The highest BCUT2D eigenvalue weighted by Crippen LogP contribution is 2.41. The molecule has 4 nitrogen and oxygen atoms in total. The van der Waals surface area contributed by atoms with E-state index in [1.807, 2.05) is 7.05 Å². The van der Waals surface area contributed by atoms with Crippen LogP contribution in [0.25, 0.3) is 0 Å². The van der Waals surface area contributed by atoms with E-state index in [9.17, 15) is 9.90 Å². The van der Waals surface area contributed by atoms with Crippen molar-refractivity contribution in [2.75, 3.05) is 18.6 Å². The van der Waals surface area contributed by atoms with Crippen molar-refractivity contribution in [3.63, 3.8) is 0 Å². The molecule has 1 heterocycles. The summed E-state index contributed by atoms with van der Waals surface area (Å²) in [4.78, 5) is 14.9. The highest BCUT2D eigenvalue weighted by Gasteiger charge is 2.35. The van der Waals surface area contributed by atoms with Gasteiger partial charge in [0.15, 0.2) is 0 Å². The second kappa shape index (κ2) is 6.64. The smallest absolute Gasteiger partial charge is 0.243 e. The van der Waals surface area contributed by atoms with Crippen molar-refractivity contribution in [1.82, 2.24) is 5.32 Å². The highest BCUT2D eigenvalue weighted by atomic mass is 16.3. The van der Waals surface area contributed by atoms with E-state index in [-0.39, 0.29) is 35.9 Å². The summed E-state index contributed by atoms with van der Waals surface area (Å²) in [5.41, 5.74) is 5.45. The lowest BCUT2D eigenvalue weighted by Crippen LogP contribution is -2.54. The van der Waals surface area contributed by atoms with Crippen molar-refractivity contribution in [3.8, 4) is 0 Å². The first-order chi connectivity index (χ1) is 11.7. The van der Waals surface area contributed by atoms with E-state index in [0.29, 0.717) is 6.42 Å². The number of rotatable bonds is 2. The van der Waals surface area contributed by atoms with Crippen LogP contribution in [-0.4, -0.2) is 36.8 Å². The number of hydrogen-bond donors (Lipinski definition) is 2. The number of fused-ring (bicyclic) bond motifs is 2. The molecule has 1 amide bonds. The molecule has 0 saturated carbocycles. The number of anilines is 1. The van der Waals surface area contributed by atoms with Gasteiger partial charge in [0.2, 0.25) is 5.91 Å². The maximum Gasteiger partial charge on any atom is 0.243 e. The number of carbonyl (C=O) groups excluding carboxylic acids is 1. The molecule has 0 fully saturated rings. The third-order valence-electron chi connectivity index (χ3n) is 6.01. The van der Waals surface area contributed by atoms with Crippen LogP contribution >= 0.6 is 0 Å². The van der Waals surface area contributed by atoms with Gasteiger partial charge in [0, 0.05) is 12.7 Å². The summed E-state index contributed by atoms with van der Waals surface area (Å²) >= 11 is 0. The van der Waals surface area contributed by atoms with Crippen LogP contribution in [0.1, 0.15) is 57.2 Å². The van der Waals surface area contributed by atoms with Gasteiger partial charge in [0.1, 0.15) is 6.04 Å². The summed E-state index contributed by atoms with van der Waals surface area (Å²) in [5, 5.41) is 12.8. The zero-order chi connectivity index (χ0) is 18.4. The van der Waals surface area contributed by atoms with Crippen molar-refractivity contribution in [3.05, 3.63) is 28.8 Å². The third-order valence-corrected chi connectivity index (χ3v) is 6.01. The normalized spacial score (nSPS) is 25.7. The fourth-order valence-electron chi connectivity index (χ4n) is 4.65. The van der Waals surface area contributed by atoms with Crippen LogP contribution in [0.4, 0.5) is 5.69 Å². The van der Waals surface area contributed by atoms with Crippen LogP contribution in [-0.2, 0) is 23.1 Å². The number of benzene rings is 1. The predicted molar refractivity (Wildman–Crippen MR) is 102 cm³/mol. The molecule has 25 heavy (non-hydrogen) atoms. The number of nitrogens with one attached hydrogen (secondary N) is 1. The Morgan fingerprint density at radius 2 is 2.04 bits per heavy atom. The Hall–Kier alpha value is -1.55. The van der Waals surface area contributed by atoms with E-state index >= 15 is 0 Å². The van der Waals surface area contributed by atoms with Gasteiger partial charge in [0.05, 0.1) is 12.6 Å². The maximum absolute atomic E-state index is 12.7. The minimum Gasteiger partial charge on any atom is -0.394 e. The van der Waals surface area contributed by atoms with Crippen molar-refractivity contribution in [1.29, 1.82) is 0 Å². The van der Waals surface area contributed by atoms with Crippen molar-refractivity contribution in [2.45, 2.75) is 70.9 Å². The Morgan fingerprint density at radius 3 is 2.68 bits per heavy atom. The lowest BCUT2D eigenvalue weighted by atomic mass is 9.71. The molecule has 0 bridgehead atoms. The van der Waals surface area contributed by atoms with Crippen molar-refractivity contribution in [2.24, 2.45) is 5.92 Å². The number of hydrogen-bond acceptors (Lipinski definition) is 3. The molecule has 1 aliphatic carbocycles. The van der Waals surface area contributed by atoms with Gasteiger partial charge in [-0.25, -0.2) is 0 Å². The van der Waals surface area contributed by atoms with E-state index in [2.05, 4.69) is 50.0 Å². The molecule has 1 aromatic rings. The largest absolute Gasteiger partial charge is 0.394 e. The van der Waals surface area contributed by atoms with Gasteiger partial charge >= 0.3 is 0 Å². The van der Waals surface area contributed by atoms with Gasteiger partial charge in [0.25, 0.3) is 0 Å². The van der Waals surface area contributed by atoms with Crippen molar-refractivity contribution < 1.29 is 9.90 Å². The molecular weight excluding hydrogens is 312 g/mol. The van der Waals surface area contributed by atoms with Gasteiger partial charge in [-0.2, -0.15) is 0 Å². The zero-order valence-electron chi connectivity index (χ0n) is 16.2. The number of nitrogens with zero attached hydrogens (tertiary/aromatic N) is 1. The van der Waals surface area contributed by atoms with Crippen LogP contribution in [0.5, 0.6) is 0 Å². The summed E-state index contributed by atoms with van der Waals surface area (Å²) in [7, 11) is 2.03. The predicted octanol–water partition coefficient (Wildman–Crippen LogP) is 2.79. The van der Waals surface area contributed by atoms with Gasteiger partial charge in [-0.3, -0.25) is 4.79 Å². The summed E-state index contributed by atoms with van der Waals surface area (Å²) in [6, 6.07) is 4.22. The molecule has 4 heteroatoms. The number of aliphatic hydroxyl groups is 1. The van der Waals surface area contributed by atoms with Crippen LogP contribution < -0.4 is 10.2 Å². The lowest BCUT2D eigenvalue weighted by Gasteiger charge is -2.40. The van der Waals surface area contributed by atoms with Crippen LogP contribution in [0, 0.1) is 5.92 Å². The fraction of sp³-hybridized carbons (Fsp3) is 0.667. The van der Waals surface area contributed by atoms with E-state index < -0.39 is 0 Å². The first-order valence-electron chi connectivity index (χ1n) is 9.55. The average molecular weight is 344 g/mol. The molecule has 138 valence electrons. The number of aryl methyl sites for hydroxylation is 1. The molecule has 0 spiro atoms. The molecule has 0 radical (unpaired) electrons. The van der Waals surface area contributed by atoms with E-state index in [1.165, 1.54) is 29.5 Å². The standard InChI is InChI=1S/C21H32N2O2/c1-13(2)19-20(25)22-16(12-24)9-15-10-17-14(11-18(15)23(19)5)7-6-8-21(17,3)4/h10-11,13,16,19,24H,6-9,12H2,1-5H3,(H,22,25)/t16-,19-/m0/s1. The number of likely N-dealkylation sites (N-methyl/N-ethyl adjacent to an activating group) is 1. The van der Waals surface area contributed by atoms with Gasteiger partial charge < -0.3 is 15.3 Å². The molecule has 2 aliphatic rings. The van der Waals surface area contributed by atoms with Crippen molar-refractivity contribution >= 4 is 11.6 Å². The molecule has 0 aromatic heterocycles. The molecular formula is C21H32N2O2. The van der Waals surface area contributed by atoms with Gasteiger partial charge in [-0.15, -0.1) is 0 Å². The van der Waals surface area contributed by atoms with Crippen LogP contribution in [0.15, 0.2) is 12.1 Å². The number of amides is 1. The number of carbonyl (C=O) groups is 1. The lowest BCUT2D eigenvalue weighted by molar-refractivity contribution is -0.124. The fourth-order valence-corrected chi connectivity index (χ4v) is 4.65. The Labute approximate surface area is 151 Å². The molecule has 3 rings (SSSR count). The molecule has 1 aliphatic heterocycles. The van der Waals surface area contributed by atoms with E-state index in [0.717, 1.165) is 12.1 Å². The summed E-state index contributed by atoms with van der Waals surface area (Å²) in [5.74, 6) is 0.211. The number of aliphatic hydroxyl groups excluding tert-OH is 1. The van der Waals surface area contributed by atoms with Crippen LogP contribution in [0.2, 0.25) is 0 Å². The Bertz CT molecular complexity index is 666. The third kappa shape index (κ3) is 3.29. The minimum atomic E-state index is -0.220. The summed E-state index contributed by atoms with van der Waals surface area (Å²) in [6.07, 6.45) is 4.22. The SMILES string of the molecule is CC(C)[C@H]1C(=O)N[C@H](CO)Cc2cc3c(cc2N1C)CCCC3(C)C. The van der Waals surface area contributed by atoms with Gasteiger partial charge in [-0.05, 0) is 59.8 Å². The summed E-state index contributed by atoms with van der Waals surface area (Å²) < 4.78 is 0. The highest BCUT2D eigenvalue weighted by molar-refractivity contribution is 5.87. The summed E-state index contributed by atoms with van der Waals surface area (Å²) in [6.45, 7) is 8.79. The van der Waals surface area contributed by atoms with E-state index in [1.54, 1.807) is 0 Å². The Morgan fingerprint density at radius 1 is 1.32 bits per heavy atom. The zero-order valence-corrected chi connectivity index (χ0v) is 16.2. The topological polar surface area (TPSA) is 52.6 Å². The molecule has 2 atom stereocenters. The van der Waals surface area contributed by atoms with Crippen LogP contribution in [0.3, 0.4) is 0 Å². The average Bonchev–Trinajstić information content (AvgIpc) is 2.52. The quantitative estimate of drug-likeness (QED) is 0.867. The molecule has 0 unspecified atom stereocenters. The Balaban J connectivity index is 2.14. The molecule has 0 saturated heterocycles. The van der Waals surface area contributed by atoms with Gasteiger partial charge in [-0.1, -0.05) is 33.8 Å². The molecule has 1 aromatic carbocycles. The second-order valence-corrected chi connectivity index (χ2v) is 8.77. The first-order valence-corrected chi connectivity index (χ1v) is 9.55. The minimum absolute atomic E-state index is 0.0141. The maximum atomic E-state index is 12.7. The second-order valence-electron chi connectivity index (χ2n) is 8.77. The van der Waals surface area contributed by atoms with E-state index in [4.69, 9.17) is 0 Å². The monoisotopic (exact) mass is 344 g/mol.